The Morgan fingerprint density at radius 2 is 1.70 bits per heavy atom. The van der Waals surface area contributed by atoms with Crippen molar-refractivity contribution in [2.24, 2.45) is 5.73 Å². The summed E-state index contributed by atoms with van der Waals surface area (Å²) in [6.45, 7) is 7.65. The second kappa shape index (κ2) is 4.69. The van der Waals surface area contributed by atoms with Gasteiger partial charge in [0.1, 0.15) is 0 Å². The minimum atomic E-state index is -0.0873. The smallest absolute Gasteiger partial charge is 0.0645 e. The van der Waals surface area contributed by atoms with Gasteiger partial charge in [0.25, 0.3) is 0 Å². The van der Waals surface area contributed by atoms with Gasteiger partial charge in [0.2, 0.25) is 0 Å². The predicted molar refractivity (Wildman–Crippen MR) is 44.0 cm³/mol. The molecule has 2 nitrogen and oxygen atoms in total. The molecule has 0 bridgehead atoms. The number of rotatable bonds is 5. The lowest BCUT2D eigenvalue weighted by atomic mass is 9.96. The Kier molecular flexibility index (Phi) is 4.65. The Balaban J connectivity index is 3.58. The maximum atomic E-state index is 5.96. The fraction of sp³-hybridized carbons (Fsp3) is 1.00. The molecule has 2 N–H and O–H groups in total. The van der Waals surface area contributed by atoms with Crippen LogP contribution in [0.15, 0.2) is 0 Å². The van der Waals surface area contributed by atoms with Crippen molar-refractivity contribution < 1.29 is 4.74 Å². The van der Waals surface area contributed by atoms with Gasteiger partial charge in [-0.2, -0.15) is 0 Å². The van der Waals surface area contributed by atoms with Gasteiger partial charge in [-0.05, 0) is 19.8 Å². The maximum Gasteiger partial charge on any atom is 0.0645 e. The van der Waals surface area contributed by atoms with Crippen molar-refractivity contribution in [1.29, 1.82) is 0 Å². The molecule has 0 aromatic heterocycles. The van der Waals surface area contributed by atoms with Crippen molar-refractivity contribution in [2.75, 3.05) is 13.2 Å². The average molecular weight is 145 g/mol. The second-order valence-corrected chi connectivity index (χ2v) is 2.71. The highest BCUT2D eigenvalue weighted by Crippen LogP contribution is 2.10. The Morgan fingerprint density at radius 1 is 1.20 bits per heavy atom. The van der Waals surface area contributed by atoms with Crippen LogP contribution < -0.4 is 5.73 Å². The number of hydrogen-bond donors (Lipinski definition) is 1. The van der Waals surface area contributed by atoms with Crippen LogP contribution in [0.1, 0.15) is 33.6 Å². The summed E-state index contributed by atoms with van der Waals surface area (Å²) in [5.74, 6) is 0. The highest BCUT2D eigenvalue weighted by Gasteiger charge is 2.19. The minimum absolute atomic E-state index is 0.0873. The molecule has 10 heavy (non-hydrogen) atoms. The Morgan fingerprint density at radius 3 is 2.00 bits per heavy atom. The van der Waals surface area contributed by atoms with Crippen molar-refractivity contribution in [1.82, 2.24) is 0 Å². The van der Waals surface area contributed by atoms with Crippen LogP contribution in [0.4, 0.5) is 0 Å². The van der Waals surface area contributed by atoms with E-state index in [-0.39, 0.29) is 5.54 Å². The lowest BCUT2D eigenvalue weighted by Gasteiger charge is -2.25. The van der Waals surface area contributed by atoms with E-state index < -0.39 is 0 Å². The number of nitrogens with two attached hydrogens (primary N) is 1. The minimum Gasteiger partial charge on any atom is -0.380 e. The summed E-state index contributed by atoms with van der Waals surface area (Å²) >= 11 is 0. The quantitative estimate of drug-likeness (QED) is 0.637. The molecule has 0 atom stereocenters. The molecule has 0 aromatic carbocycles. The lowest BCUT2D eigenvalue weighted by molar-refractivity contribution is 0.0905. The van der Waals surface area contributed by atoms with Gasteiger partial charge in [-0.3, -0.25) is 0 Å². The van der Waals surface area contributed by atoms with E-state index in [0.29, 0.717) is 6.61 Å². The molecule has 0 heterocycles. The molecule has 0 aromatic rings. The van der Waals surface area contributed by atoms with E-state index in [4.69, 9.17) is 10.5 Å². The molecule has 62 valence electrons. The number of hydrogen-bond acceptors (Lipinski definition) is 2. The molecule has 0 saturated heterocycles. The monoisotopic (exact) mass is 145 g/mol. The molecule has 0 fully saturated rings. The Labute approximate surface area is 63.7 Å². The van der Waals surface area contributed by atoms with Crippen molar-refractivity contribution in [3.05, 3.63) is 0 Å². The van der Waals surface area contributed by atoms with E-state index in [2.05, 4.69) is 13.8 Å². The molecule has 0 radical (unpaired) electrons. The molecule has 0 aliphatic rings. The first-order chi connectivity index (χ1) is 4.68. The van der Waals surface area contributed by atoms with Gasteiger partial charge in [-0.25, -0.2) is 0 Å². The zero-order valence-electron chi connectivity index (χ0n) is 7.31. The fourth-order valence-electron chi connectivity index (χ4n) is 0.759. The topological polar surface area (TPSA) is 35.2 Å². The fourth-order valence-corrected chi connectivity index (χ4v) is 0.759. The van der Waals surface area contributed by atoms with Crippen LogP contribution in [0.25, 0.3) is 0 Å². The van der Waals surface area contributed by atoms with Crippen LogP contribution in [0, 0.1) is 0 Å². The van der Waals surface area contributed by atoms with Gasteiger partial charge in [0.15, 0.2) is 0 Å². The summed E-state index contributed by atoms with van der Waals surface area (Å²) in [4.78, 5) is 0. The summed E-state index contributed by atoms with van der Waals surface area (Å²) in [6, 6.07) is 0. The van der Waals surface area contributed by atoms with Crippen molar-refractivity contribution in [3.8, 4) is 0 Å². The summed E-state index contributed by atoms with van der Waals surface area (Å²) in [7, 11) is 0. The molecular weight excluding hydrogens is 126 g/mol. The molecule has 0 amide bonds. The van der Waals surface area contributed by atoms with E-state index in [9.17, 15) is 0 Å². The van der Waals surface area contributed by atoms with Gasteiger partial charge in [-0.1, -0.05) is 13.8 Å². The van der Waals surface area contributed by atoms with Crippen LogP contribution in [0.3, 0.4) is 0 Å². The number of ether oxygens (including phenoxy) is 1. The zero-order valence-corrected chi connectivity index (χ0v) is 7.31. The van der Waals surface area contributed by atoms with Crippen molar-refractivity contribution in [2.45, 2.75) is 39.2 Å². The molecule has 2 heteroatoms. The Bertz CT molecular complexity index is 79.3. The maximum absolute atomic E-state index is 5.96. The third kappa shape index (κ3) is 3.18. The zero-order chi connectivity index (χ0) is 8.04. The van der Waals surface area contributed by atoms with E-state index in [1.54, 1.807) is 0 Å². The normalized spacial score (nSPS) is 12.0. The van der Waals surface area contributed by atoms with Crippen LogP contribution in [0.5, 0.6) is 0 Å². The molecule has 0 unspecified atom stereocenters. The van der Waals surface area contributed by atoms with Crippen molar-refractivity contribution >= 4 is 0 Å². The molecule has 0 saturated carbocycles. The molecule has 0 rings (SSSR count). The molecule has 0 spiro atoms. The molecule has 0 aliphatic carbocycles. The SMILES string of the molecule is CCOCC(N)(CC)CC. The highest BCUT2D eigenvalue weighted by atomic mass is 16.5. The Hall–Kier alpha value is -0.0800. The van der Waals surface area contributed by atoms with Crippen LogP contribution in [-0.2, 0) is 4.74 Å². The van der Waals surface area contributed by atoms with E-state index in [0.717, 1.165) is 19.4 Å². The second-order valence-electron chi connectivity index (χ2n) is 2.71. The van der Waals surface area contributed by atoms with Gasteiger partial charge < -0.3 is 10.5 Å². The third-order valence-electron chi connectivity index (χ3n) is 2.00. The van der Waals surface area contributed by atoms with Crippen LogP contribution in [-0.4, -0.2) is 18.8 Å². The van der Waals surface area contributed by atoms with E-state index in [1.807, 2.05) is 6.92 Å². The highest BCUT2D eigenvalue weighted by molar-refractivity contribution is 4.79. The standard InChI is InChI=1S/C8H19NO/c1-4-8(9,5-2)7-10-6-3/h4-7,9H2,1-3H3. The van der Waals surface area contributed by atoms with E-state index in [1.165, 1.54) is 0 Å². The summed E-state index contributed by atoms with van der Waals surface area (Å²) in [5.41, 5.74) is 5.87. The van der Waals surface area contributed by atoms with Crippen LogP contribution in [0.2, 0.25) is 0 Å². The largest absolute Gasteiger partial charge is 0.380 e. The summed E-state index contributed by atoms with van der Waals surface area (Å²) < 4.78 is 5.26. The van der Waals surface area contributed by atoms with Gasteiger partial charge >= 0.3 is 0 Å². The van der Waals surface area contributed by atoms with Crippen LogP contribution >= 0.6 is 0 Å². The first-order valence-corrected chi connectivity index (χ1v) is 4.05. The first kappa shape index (κ1) is 9.92. The summed E-state index contributed by atoms with van der Waals surface area (Å²) in [5, 5.41) is 0. The van der Waals surface area contributed by atoms with E-state index >= 15 is 0 Å². The van der Waals surface area contributed by atoms with Gasteiger partial charge in [-0.15, -0.1) is 0 Å². The van der Waals surface area contributed by atoms with Gasteiger partial charge in [0.05, 0.1) is 6.61 Å². The first-order valence-electron chi connectivity index (χ1n) is 4.05. The summed E-state index contributed by atoms with van der Waals surface area (Å²) in [6.07, 6.45) is 1.98. The van der Waals surface area contributed by atoms with Crippen molar-refractivity contribution in [3.63, 3.8) is 0 Å². The lowest BCUT2D eigenvalue weighted by Crippen LogP contribution is -2.43. The van der Waals surface area contributed by atoms with Gasteiger partial charge in [0, 0.05) is 12.1 Å². The predicted octanol–water partition coefficient (Wildman–Crippen LogP) is 1.54. The third-order valence-corrected chi connectivity index (χ3v) is 2.00. The molecule has 0 aliphatic heterocycles. The molecular formula is C8H19NO. The average Bonchev–Trinajstić information content (AvgIpc) is 2.00.